The molecule has 0 fully saturated rings. The van der Waals surface area contributed by atoms with Crippen LogP contribution in [0.4, 0.5) is 0 Å². The minimum absolute atomic E-state index is 0.572. The van der Waals surface area contributed by atoms with Crippen LogP contribution in [0.15, 0.2) is 0 Å². The predicted molar refractivity (Wildman–Crippen MR) is 80.1 cm³/mol. The van der Waals surface area contributed by atoms with Crippen molar-refractivity contribution in [2.45, 2.75) is 77.8 Å². The fourth-order valence-electron chi connectivity index (χ4n) is 0.944. The Labute approximate surface area is 105 Å². The summed E-state index contributed by atoms with van der Waals surface area (Å²) in [4.78, 5) is 0. The van der Waals surface area contributed by atoms with E-state index in [1.54, 1.807) is 0 Å². The van der Waals surface area contributed by atoms with E-state index >= 15 is 0 Å². The summed E-state index contributed by atoms with van der Waals surface area (Å²) in [7, 11) is 0. The van der Waals surface area contributed by atoms with E-state index in [2.05, 4.69) is 67.7 Å². The van der Waals surface area contributed by atoms with Gasteiger partial charge in [0.1, 0.15) is 0 Å². The van der Waals surface area contributed by atoms with Gasteiger partial charge in [-0.15, -0.1) is 0 Å². The molecule has 0 saturated carbocycles. The van der Waals surface area contributed by atoms with Crippen molar-refractivity contribution in [1.29, 1.82) is 0 Å². The standard InChI is InChI=1S/C12H30SeSi2/c1-11(2,3)14(7,8)13-15(9,10)12(4,5)6/h1-10H3. The Kier molecular flexibility index (Phi) is 4.60. The molecule has 0 aromatic rings. The second-order valence-electron chi connectivity index (χ2n) is 7.62. The van der Waals surface area contributed by atoms with E-state index in [0.29, 0.717) is 10.1 Å². The molecule has 0 aromatic heterocycles. The fourth-order valence-corrected chi connectivity index (χ4v) is 44.1. The van der Waals surface area contributed by atoms with E-state index in [1.807, 2.05) is 0 Å². The van der Waals surface area contributed by atoms with E-state index in [1.165, 1.54) is 0 Å². The zero-order chi connectivity index (χ0) is 12.7. The van der Waals surface area contributed by atoms with E-state index in [9.17, 15) is 0 Å². The van der Waals surface area contributed by atoms with Crippen LogP contribution >= 0.6 is 0 Å². The summed E-state index contributed by atoms with van der Waals surface area (Å²) >= 11 is 0.913. The van der Waals surface area contributed by atoms with Gasteiger partial charge in [0.25, 0.3) is 0 Å². The third-order valence-corrected chi connectivity index (χ3v) is 42.4. The van der Waals surface area contributed by atoms with Crippen LogP contribution in [0.2, 0.25) is 36.3 Å². The van der Waals surface area contributed by atoms with Crippen molar-refractivity contribution in [3.05, 3.63) is 0 Å². The predicted octanol–water partition coefficient (Wildman–Crippen LogP) is 4.70. The molecule has 0 bridgehead atoms. The van der Waals surface area contributed by atoms with Crippen molar-refractivity contribution >= 4 is 27.0 Å². The molecule has 0 nitrogen and oxygen atoms in total. The summed E-state index contributed by atoms with van der Waals surface area (Å²) in [6.45, 7) is 23.1. The summed E-state index contributed by atoms with van der Waals surface area (Å²) in [5.74, 6) is 0. The minimum atomic E-state index is -1.03. The molecule has 0 aliphatic carbocycles. The van der Waals surface area contributed by atoms with Gasteiger partial charge in [0.15, 0.2) is 0 Å². The first kappa shape index (κ1) is 16.0. The average molecular weight is 310 g/mol. The van der Waals surface area contributed by atoms with Crippen molar-refractivity contribution in [2.75, 3.05) is 0 Å². The summed E-state index contributed by atoms with van der Waals surface area (Å²) in [6.07, 6.45) is 0. The van der Waals surface area contributed by atoms with Crippen LogP contribution in [0.1, 0.15) is 41.5 Å². The van der Waals surface area contributed by atoms with E-state index in [0.717, 1.165) is 13.7 Å². The van der Waals surface area contributed by atoms with Gasteiger partial charge in [0, 0.05) is 0 Å². The fraction of sp³-hybridized carbons (Fsp3) is 1.00. The van der Waals surface area contributed by atoms with Gasteiger partial charge in [0.2, 0.25) is 0 Å². The van der Waals surface area contributed by atoms with Gasteiger partial charge in [-0.3, -0.25) is 0 Å². The van der Waals surface area contributed by atoms with Crippen LogP contribution < -0.4 is 0 Å². The molecule has 0 saturated heterocycles. The first-order valence-corrected chi connectivity index (χ1v) is 16.9. The van der Waals surface area contributed by atoms with Crippen LogP contribution in [0.5, 0.6) is 0 Å². The third-order valence-electron chi connectivity index (χ3n) is 4.12. The van der Waals surface area contributed by atoms with E-state index in [4.69, 9.17) is 0 Å². The van der Waals surface area contributed by atoms with Crippen LogP contribution in [-0.4, -0.2) is 27.0 Å². The van der Waals surface area contributed by atoms with Gasteiger partial charge in [-0.1, -0.05) is 0 Å². The monoisotopic (exact) mass is 310 g/mol. The first-order valence-electron chi connectivity index (χ1n) is 5.91. The second-order valence-corrected chi connectivity index (χ2v) is 34.2. The molecule has 0 radical (unpaired) electrons. The van der Waals surface area contributed by atoms with Gasteiger partial charge in [-0.2, -0.15) is 0 Å². The van der Waals surface area contributed by atoms with Crippen LogP contribution in [0.25, 0.3) is 0 Å². The van der Waals surface area contributed by atoms with Crippen molar-refractivity contribution in [2.24, 2.45) is 0 Å². The van der Waals surface area contributed by atoms with Gasteiger partial charge >= 0.3 is 105 Å². The second kappa shape index (κ2) is 4.32. The molecule has 15 heavy (non-hydrogen) atoms. The Bertz CT molecular complexity index is 195. The molecule has 0 N–H and O–H groups in total. The van der Waals surface area contributed by atoms with Crippen molar-refractivity contribution in [3.63, 3.8) is 0 Å². The van der Waals surface area contributed by atoms with Gasteiger partial charge < -0.3 is 0 Å². The maximum atomic E-state index is 2.60. The zero-order valence-electron chi connectivity index (χ0n) is 12.4. The van der Waals surface area contributed by atoms with Gasteiger partial charge in [-0.05, 0) is 0 Å². The first-order chi connectivity index (χ1) is 6.21. The molecular formula is C12H30SeSi2. The Hall–Kier alpha value is 0.953. The van der Waals surface area contributed by atoms with Crippen molar-refractivity contribution in [1.82, 2.24) is 0 Å². The molecule has 92 valence electrons. The maximum absolute atomic E-state index is 2.60. The summed E-state index contributed by atoms with van der Waals surface area (Å²) in [5.41, 5.74) is 0. The summed E-state index contributed by atoms with van der Waals surface area (Å²) in [6, 6.07) is 0. The normalized spacial score (nSPS) is 15.6. The molecule has 0 spiro atoms. The molecule has 0 rings (SSSR count). The molecule has 0 heterocycles. The average Bonchev–Trinajstić information content (AvgIpc) is 1.77. The van der Waals surface area contributed by atoms with Crippen LogP contribution in [0.3, 0.4) is 0 Å². The third kappa shape index (κ3) is 4.03. The van der Waals surface area contributed by atoms with Gasteiger partial charge in [0.05, 0.1) is 0 Å². The molecule has 0 unspecified atom stereocenters. The Balaban J connectivity index is 4.89. The van der Waals surface area contributed by atoms with Crippen LogP contribution in [0, 0.1) is 0 Å². The van der Waals surface area contributed by atoms with Crippen molar-refractivity contribution in [3.8, 4) is 0 Å². The topological polar surface area (TPSA) is 0 Å². The molecule has 0 atom stereocenters. The van der Waals surface area contributed by atoms with Crippen molar-refractivity contribution < 1.29 is 0 Å². The SMILES string of the molecule is CC(C)(C)[Si](C)(C)[Se][Si](C)(C)C(C)(C)C. The molecule has 0 aliphatic rings. The zero-order valence-corrected chi connectivity index (χ0v) is 16.1. The molecular weight excluding hydrogens is 279 g/mol. The van der Waals surface area contributed by atoms with Gasteiger partial charge in [-0.25, -0.2) is 0 Å². The molecule has 3 heteroatoms. The number of rotatable bonds is 2. The molecule has 0 amide bonds. The summed E-state index contributed by atoms with van der Waals surface area (Å²) < 4.78 is 0. The molecule has 0 aromatic carbocycles. The van der Waals surface area contributed by atoms with E-state index in [-0.39, 0.29) is 0 Å². The Morgan fingerprint density at radius 2 is 0.800 bits per heavy atom. The summed E-state index contributed by atoms with van der Waals surface area (Å²) in [5, 5.41) is 1.14. The number of hydrogen-bond acceptors (Lipinski definition) is 0. The number of hydrogen-bond donors (Lipinski definition) is 0. The molecule has 0 aliphatic heterocycles. The quantitative estimate of drug-likeness (QED) is 0.649. The van der Waals surface area contributed by atoms with E-state index < -0.39 is 13.4 Å². The Morgan fingerprint density at radius 1 is 0.600 bits per heavy atom. The Morgan fingerprint density at radius 3 is 0.933 bits per heavy atom. The van der Waals surface area contributed by atoms with Crippen LogP contribution in [-0.2, 0) is 0 Å².